The predicted octanol–water partition coefficient (Wildman–Crippen LogP) is 1.14. The molecule has 2 aromatic rings. The molecule has 20 heavy (non-hydrogen) atoms. The zero-order valence-corrected chi connectivity index (χ0v) is 11.7. The number of nitrogens with one attached hydrogen (secondary N) is 1. The van der Waals surface area contributed by atoms with Gasteiger partial charge in [0.25, 0.3) is 15.7 Å². The van der Waals surface area contributed by atoms with Crippen LogP contribution in [0.4, 0.5) is 16.5 Å². The maximum atomic E-state index is 12.2. The number of nitro benzene ring substituents is 1. The van der Waals surface area contributed by atoms with Crippen LogP contribution in [0.2, 0.25) is 0 Å². The smallest absolute Gasteiger partial charge is 0.290 e. The molecular weight excluding hydrogens is 306 g/mol. The number of benzene rings is 1. The first-order valence-corrected chi connectivity index (χ1v) is 7.46. The summed E-state index contributed by atoms with van der Waals surface area (Å²) in [6.45, 7) is 1.65. The minimum Gasteiger partial charge on any atom is -0.399 e. The summed E-state index contributed by atoms with van der Waals surface area (Å²) in [5, 5.41) is 18.7. The van der Waals surface area contributed by atoms with E-state index in [9.17, 15) is 18.5 Å². The molecule has 1 aromatic heterocycles. The lowest BCUT2D eigenvalue weighted by Gasteiger charge is -2.06. The van der Waals surface area contributed by atoms with Crippen LogP contribution in [0.25, 0.3) is 0 Å². The van der Waals surface area contributed by atoms with Crippen molar-refractivity contribution in [1.29, 1.82) is 0 Å². The van der Waals surface area contributed by atoms with E-state index in [1.165, 1.54) is 6.07 Å². The predicted molar refractivity (Wildman–Crippen MR) is 73.0 cm³/mol. The van der Waals surface area contributed by atoms with Gasteiger partial charge in [0.05, 0.1) is 4.92 Å². The Morgan fingerprint density at radius 2 is 2.10 bits per heavy atom. The molecule has 0 fully saturated rings. The van der Waals surface area contributed by atoms with E-state index in [4.69, 9.17) is 5.73 Å². The summed E-state index contributed by atoms with van der Waals surface area (Å²) in [6, 6.07) is 3.32. The van der Waals surface area contributed by atoms with Crippen molar-refractivity contribution in [2.24, 2.45) is 0 Å². The molecule has 0 saturated heterocycles. The number of nitrogen functional groups attached to an aromatic ring is 1. The Labute approximate surface area is 117 Å². The van der Waals surface area contributed by atoms with Crippen LogP contribution in [0.5, 0.6) is 0 Å². The number of anilines is 2. The summed E-state index contributed by atoms with van der Waals surface area (Å²) in [5.74, 6) is 0. The summed E-state index contributed by atoms with van der Waals surface area (Å²) in [6.07, 6.45) is 0. The molecule has 11 heteroatoms. The third kappa shape index (κ3) is 2.83. The number of hydrogen-bond acceptors (Lipinski definition) is 8. The van der Waals surface area contributed by atoms with E-state index < -0.39 is 25.5 Å². The van der Waals surface area contributed by atoms with Gasteiger partial charge in [-0.2, -0.15) is 0 Å². The number of hydrogen-bond donors (Lipinski definition) is 2. The molecule has 0 aliphatic carbocycles. The van der Waals surface area contributed by atoms with Gasteiger partial charge in [0.2, 0.25) is 5.13 Å². The molecule has 0 aliphatic rings. The minimum absolute atomic E-state index is 0.0271. The van der Waals surface area contributed by atoms with Crippen LogP contribution >= 0.6 is 11.3 Å². The maximum Gasteiger partial charge on any atom is 0.290 e. The Bertz CT molecular complexity index is 770. The molecule has 1 aromatic carbocycles. The second-order valence-electron chi connectivity index (χ2n) is 3.72. The lowest BCUT2D eigenvalue weighted by atomic mass is 10.3. The van der Waals surface area contributed by atoms with Crippen LogP contribution in [-0.4, -0.2) is 23.5 Å². The molecule has 0 unspecified atom stereocenters. The van der Waals surface area contributed by atoms with Gasteiger partial charge in [0.1, 0.15) is 5.01 Å². The summed E-state index contributed by atoms with van der Waals surface area (Å²) < 4.78 is 26.4. The van der Waals surface area contributed by atoms with Crippen LogP contribution in [0.1, 0.15) is 5.01 Å². The maximum absolute atomic E-state index is 12.2. The molecule has 0 atom stereocenters. The summed E-state index contributed by atoms with van der Waals surface area (Å²) in [5.41, 5.74) is 5.02. The quantitative estimate of drug-likeness (QED) is 0.489. The molecule has 0 spiro atoms. The number of aromatic nitrogens is 2. The van der Waals surface area contributed by atoms with E-state index >= 15 is 0 Å². The average Bonchev–Trinajstić information content (AvgIpc) is 2.73. The normalized spacial score (nSPS) is 11.2. The largest absolute Gasteiger partial charge is 0.399 e. The van der Waals surface area contributed by atoms with Crippen LogP contribution in [0, 0.1) is 17.0 Å². The monoisotopic (exact) mass is 315 g/mol. The van der Waals surface area contributed by atoms with Gasteiger partial charge in [-0.05, 0) is 19.1 Å². The van der Waals surface area contributed by atoms with Gasteiger partial charge in [-0.25, -0.2) is 8.42 Å². The van der Waals surface area contributed by atoms with Crippen LogP contribution in [0.15, 0.2) is 23.1 Å². The number of sulfonamides is 1. The lowest BCUT2D eigenvalue weighted by Crippen LogP contribution is -2.15. The third-order valence-corrected chi connectivity index (χ3v) is 4.47. The third-order valence-electron chi connectivity index (χ3n) is 2.22. The van der Waals surface area contributed by atoms with Gasteiger partial charge in [-0.1, -0.05) is 11.3 Å². The van der Waals surface area contributed by atoms with Gasteiger partial charge >= 0.3 is 0 Å². The molecule has 1 heterocycles. The van der Waals surface area contributed by atoms with Gasteiger partial charge in [-0.3, -0.25) is 14.8 Å². The zero-order chi connectivity index (χ0) is 14.9. The molecule has 0 radical (unpaired) electrons. The molecule has 9 nitrogen and oxygen atoms in total. The van der Waals surface area contributed by atoms with Crippen molar-refractivity contribution in [3.8, 4) is 0 Å². The average molecular weight is 315 g/mol. The number of nitrogens with zero attached hydrogens (tertiary/aromatic N) is 3. The molecule has 0 amide bonds. The SMILES string of the molecule is Cc1nnc(NS(=O)(=O)c2cc(N)ccc2[N+](=O)[O-])s1. The van der Waals surface area contributed by atoms with Crippen molar-refractivity contribution < 1.29 is 13.3 Å². The van der Waals surface area contributed by atoms with Crippen molar-refractivity contribution in [2.75, 3.05) is 10.5 Å². The second-order valence-corrected chi connectivity index (χ2v) is 6.55. The Morgan fingerprint density at radius 3 is 2.65 bits per heavy atom. The fourth-order valence-corrected chi connectivity index (χ4v) is 3.43. The first-order valence-electron chi connectivity index (χ1n) is 5.16. The van der Waals surface area contributed by atoms with Crippen molar-refractivity contribution in [1.82, 2.24) is 10.2 Å². The Balaban J connectivity index is 2.48. The summed E-state index contributed by atoms with van der Waals surface area (Å²) in [7, 11) is -4.16. The van der Waals surface area contributed by atoms with Crippen LogP contribution in [-0.2, 0) is 10.0 Å². The first-order chi connectivity index (χ1) is 9.29. The first kappa shape index (κ1) is 14.1. The lowest BCUT2D eigenvalue weighted by molar-refractivity contribution is -0.387. The Kier molecular flexibility index (Phi) is 3.55. The molecule has 2 rings (SSSR count). The zero-order valence-electron chi connectivity index (χ0n) is 10.1. The van der Waals surface area contributed by atoms with Crippen LogP contribution < -0.4 is 10.5 Å². The molecule has 3 N–H and O–H groups in total. The van der Waals surface area contributed by atoms with Crippen molar-refractivity contribution >= 4 is 37.9 Å². The summed E-state index contributed by atoms with van der Waals surface area (Å²) >= 11 is 1.01. The van der Waals surface area contributed by atoms with Crippen LogP contribution in [0.3, 0.4) is 0 Å². The van der Waals surface area contributed by atoms with E-state index in [0.717, 1.165) is 23.5 Å². The molecule has 0 bridgehead atoms. The van der Waals surface area contributed by atoms with Gasteiger partial charge < -0.3 is 5.73 Å². The van der Waals surface area contributed by atoms with E-state index in [0.29, 0.717) is 5.01 Å². The number of nitro groups is 1. The fourth-order valence-electron chi connectivity index (χ4n) is 1.40. The highest BCUT2D eigenvalue weighted by Gasteiger charge is 2.27. The topological polar surface area (TPSA) is 141 Å². The Morgan fingerprint density at radius 1 is 1.40 bits per heavy atom. The highest BCUT2D eigenvalue weighted by atomic mass is 32.2. The van der Waals surface area contributed by atoms with Gasteiger partial charge in [0.15, 0.2) is 4.90 Å². The van der Waals surface area contributed by atoms with Crippen molar-refractivity contribution in [2.45, 2.75) is 11.8 Å². The molecule has 106 valence electrons. The number of aryl methyl sites for hydroxylation is 1. The fraction of sp³-hybridized carbons (Fsp3) is 0.111. The highest BCUT2D eigenvalue weighted by Crippen LogP contribution is 2.28. The summed E-state index contributed by atoms with van der Waals surface area (Å²) in [4.78, 5) is 9.57. The minimum atomic E-state index is -4.16. The number of rotatable bonds is 4. The van der Waals surface area contributed by atoms with E-state index in [1.54, 1.807) is 6.92 Å². The van der Waals surface area contributed by atoms with E-state index in [2.05, 4.69) is 14.9 Å². The van der Waals surface area contributed by atoms with Gasteiger partial charge in [0, 0.05) is 11.8 Å². The van der Waals surface area contributed by atoms with Crippen molar-refractivity contribution in [3.63, 3.8) is 0 Å². The van der Waals surface area contributed by atoms with E-state index in [-0.39, 0.29) is 10.8 Å². The number of nitrogens with two attached hydrogens (primary N) is 1. The highest BCUT2D eigenvalue weighted by molar-refractivity contribution is 7.93. The Hall–Kier alpha value is -2.27. The molecule has 0 aliphatic heterocycles. The standard InChI is InChI=1S/C9H9N5O4S2/c1-5-11-12-9(19-5)13-20(17,18)8-4-6(10)2-3-7(8)14(15)16/h2-4H,10H2,1H3,(H,12,13). The second kappa shape index (κ2) is 5.02. The molecule has 0 saturated carbocycles. The van der Waals surface area contributed by atoms with E-state index in [1.807, 2.05) is 0 Å². The molecular formula is C9H9N5O4S2. The van der Waals surface area contributed by atoms with Crippen molar-refractivity contribution in [3.05, 3.63) is 33.3 Å². The van der Waals surface area contributed by atoms with Gasteiger partial charge in [-0.15, -0.1) is 10.2 Å².